The standard InChI is InChI=1S/C40H52Cl2N4O5.2ClH/c1-40(2,3)27-46-33-17-16-29(41)25-31(33)37(51-35(39(46)48)26-36(47)45-22-18-43-19-23-45)30-13-8-15-34(38(30)49-5)50-24-10-21-44(4)20-9-12-28-11-6-7-14-32(28)42;;/h6-8,11,13-17,25,35,37,43H,9-10,12,18-24,26-27H2,1-5H3;2*1H. The van der Waals surface area contributed by atoms with Gasteiger partial charge in [0.05, 0.1) is 20.1 Å². The van der Waals surface area contributed by atoms with Crippen LogP contribution in [0.25, 0.3) is 0 Å². The summed E-state index contributed by atoms with van der Waals surface area (Å²) in [7, 11) is 3.73. The van der Waals surface area contributed by atoms with Crippen LogP contribution in [0.3, 0.4) is 0 Å². The molecule has 13 heteroatoms. The van der Waals surface area contributed by atoms with E-state index in [0.717, 1.165) is 56.0 Å². The smallest absolute Gasteiger partial charge is 0.256 e. The zero-order valence-corrected chi connectivity index (χ0v) is 34.5. The third-order valence-corrected chi connectivity index (χ3v) is 9.85. The SMILES string of the molecule is COc1c(OCCCN(C)CCCc2ccccc2Cl)cccc1C1OC(CC(=O)N2CCNCC2)C(=O)N(CC(C)(C)C)c2ccc(Cl)cc21.Cl.Cl. The predicted molar refractivity (Wildman–Crippen MR) is 219 cm³/mol. The van der Waals surface area contributed by atoms with Gasteiger partial charge in [-0.25, -0.2) is 0 Å². The van der Waals surface area contributed by atoms with Crippen molar-refractivity contribution in [1.29, 1.82) is 0 Å². The molecule has 0 aromatic heterocycles. The fraction of sp³-hybridized carbons (Fsp3) is 0.500. The summed E-state index contributed by atoms with van der Waals surface area (Å²) in [5.74, 6) is 0.748. The summed E-state index contributed by atoms with van der Waals surface area (Å²) in [6, 6.07) is 19.2. The van der Waals surface area contributed by atoms with Gasteiger partial charge in [-0.05, 0) is 74.2 Å². The van der Waals surface area contributed by atoms with E-state index in [-0.39, 0.29) is 48.5 Å². The molecule has 3 aromatic rings. The molecular formula is C40H54Cl4N4O5. The van der Waals surface area contributed by atoms with Gasteiger partial charge in [-0.15, -0.1) is 24.8 Å². The zero-order chi connectivity index (χ0) is 36.5. The number of rotatable bonds is 14. The van der Waals surface area contributed by atoms with Gasteiger partial charge in [-0.3, -0.25) is 9.59 Å². The quantitative estimate of drug-likeness (QED) is 0.166. The van der Waals surface area contributed by atoms with Crippen molar-refractivity contribution in [3.05, 3.63) is 87.4 Å². The average molecular weight is 813 g/mol. The molecule has 0 bridgehead atoms. The number of nitrogens with zero attached hydrogens (tertiary/aromatic N) is 3. The van der Waals surface area contributed by atoms with Gasteiger partial charge in [-0.1, -0.05) is 74.3 Å². The van der Waals surface area contributed by atoms with E-state index in [1.54, 1.807) is 23.0 Å². The van der Waals surface area contributed by atoms with Crippen LogP contribution in [-0.2, 0) is 20.7 Å². The summed E-state index contributed by atoms with van der Waals surface area (Å²) in [6.07, 6.45) is 0.932. The van der Waals surface area contributed by atoms with Gasteiger partial charge in [0.1, 0.15) is 12.2 Å². The summed E-state index contributed by atoms with van der Waals surface area (Å²) >= 11 is 12.9. The third kappa shape index (κ3) is 12.1. The molecule has 2 heterocycles. The molecule has 0 aliphatic carbocycles. The van der Waals surface area contributed by atoms with Crippen LogP contribution in [0.1, 0.15) is 62.8 Å². The Bertz CT molecular complexity index is 1650. The first-order valence-electron chi connectivity index (χ1n) is 17.9. The number of halogens is 4. The summed E-state index contributed by atoms with van der Waals surface area (Å²) < 4.78 is 19.1. The molecule has 292 valence electrons. The second-order valence-electron chi connectivity index (χ2n) is 14.6. The number of fused-ring (bicyclic) bond motifs is 1. The Morgan fingerprint density at radius 3 is 2.40 bits per heavy atom. The maximum atomic E-state index is 14.4. The lowest BCUT2D eigenvalue weighted by Gasteiger charge is -2.32. The van der Waals surface area contributed by atoms with Crippen LogP contribution >= 0.6 is 48.0 Å². The second kappa shape index (κ2) is 20.8. The minimum atomic E-state index is -1.02. The maximum absolute atomic E-state index is 14.4. The van der Waals surface area contributed by atoms with Crippen molar-refractivity contribution in [2.45, 2.75) is 58.7 Å². The Labute approximate surface area is 337 Å². The lowest BCUT2D eigenvalue weighted by atomic mass is 9.94. The van der Waals surface area contributed by atoms with Gasteiger partial charge in [0, 0.05) is 66.1 Å². The fourth-order valence-corrected chi connectivity index (χ4v) is 7.14. The van der Waals surface area contributed by atoms with E-state index in [9.17, 15) is 9.59 Å². The molecule has 2 aliphatic heterocycles. The van der Waals surface area contributed by atoms with E-state index in [0.29, 0.717) is 54.0 Å². The van der Waals surface area contributed by atoms with E-state index < -0.39 is 12.2 Å². The Hall–Kier alpha value is -2.76. The molecule has 9 nitrogen and oxygen atoms in total. The highest BCUT2D eigenvalue weighted by atomic mass is 35.5. The molecule has 1 saturated heterocycles. The molecule has 53 heavy (non-hydrogen) atoms. The van der Waals surface area contributed by atoms with Gasteiger partial charge in [0.2, 0.25) is 5.91 Å². The van der Waals surface area contributed by atoms with Gasteiger partial charge < -0.3 is 34.2 Å². The fourth-order valence-electron chi connectivity index (χ4n) is 6.73. The van der Waals surface area contributed by atoms with Crippen molar-refractivity contribution in [3.8, 4) is 11.5 Å². The molecule has 0 saturated carbocycles. The molecule has 2 atom stereocenters. The van der Waals surface area contributed by atoms with Crippen LogP contribution in [0.5, 0.6) is 11.5 Å². The number of nitrogens with one attached hydrogen (secondary N) is 1. The first kappa shape index (κ1) is 44.6. The molecule has 5 rings (SSSR count). The number of carbonyl (C=O) groups excluding carboxylic acids is 2. The van der Waals surface area contributed by atoms with E-state index in [1.165, 1.54) is 5.56 Å². The van der Waals surface area contributed by atoms with Crippen LogP contribution in [0.2, 0.25) is 10.0 Å². The lowest BCUT2D eigenvalue weighted by Crippen LogP contribution is -2.49. The zero-order valence-electron chi connectivity index (χ0n) is 31.4. The van der Waals surface area contributed by atoms with Crippen molar-refractivity contribution < 1.29 is 23.8 Å². The van der Waals surface area contributed by atoms with E-state index in [1.807, 2.05) is 48.5 Å². The van der Waals surface area contributed by atoms with Gasteiger partial charge in [-0.2, -0.15) is 0 Å². The first-order chi connectivity index (χ1) is 24.4. The summed E-state index contributed by atoms with van der Waals surface area (Å²) in [6.45, 7) is 11.6. The van der Waals surface area contributed by atoms with Crippen molar-refractivity contribution in [2.24, 2.45) is 5.41 Å². The van der Waals surface area contributed by atoms with Crippen molar-refractivity contribution in [2.75, 3.05) is 71.5 Å². The van der Waals surface area contributed by atoms with Crippen molar-refractivity contribution in [3.63, 3.8) is 0 Å². The molecule has 2 amide bonds. The molecule has 0 radical (unpaired) electrons. The Kier molecular flexibility index (Phi) is 17.5. The second-order valence-corrected chi connectivity index (χ2v) is 15.5. The summed E-state index contributed by atoms with van der Waals surface area (Å²) in [5, 5.41) is 4.62. The largest absolute Gasteiger partial charge is 0.492 e. The minimum absolute atomic E-state index is 0. The molecule has 2 unspecified atom stereocenters. The molecule has 1 N–H and O–H groups in total. The highest BCUT2D eigenvalue weighted by Gasteiger charge is 2.40. The topological polar surface area (TPSA) is 83.6 Å². The van der Waals surface area contributed by atoms with Gasteiger partial charge in [0.25, 0.3) is 5.91 Å². The van der Waals surface area contributed by atoms with Crippen LogP contribution in [0, 0.1) is 5.41 Å². The third-order valence-electron chi connectivity index (χ3n) is 9.25. The lowest BCUT2D eigenvalue weighted by molar-refractivity contribution is -0.143. The maximum Gasteiger partial charge on any atom is 0.256 e. The number of benzene rings is 3. The number of anilines is 1. The monoisotopic (exact) mass is 810 g/mol. The van der Waals surface area contributed by atoms with E-state index >= 15 is 0 Å². The van der Waals surface area contributed by atoms with Crippen LogP contribution in [0.4, 0.5) is 5.69 Å². The number of ether oxygens (including phenoxy) is 3. The number of para-hydroxylation sites is 1. The molecular weight excluding hydrogens is 758 g/mol. The van der Waals surface area contributed by atoms with Crippen molar-refractivity contribution >= 4 is 65.5 Å². The Balaban J connectivity index is 0.00000378. The molecule has 1 fully saturated rings. The molecule has 2 aliphatic rings. The molecule has 3 aromatic carbocycles. The number of carbonyl (C=O) groups is 2. The summed E-state index contributed by atoms with van der Waals surface area (Å²) in [5.41, 5.74) is 3.07. The van der Waals surface area contributed by atoms with E-state index in [4.69, 9.17) is 37.4 Å². The van der Waals surface area contributed by atoms with Crippen LogP contribution in [0.15, 0.2) is 60.7 Å². The minimum Gasteiger partial charge on any atom is -0.492 e. The highest BCUT2D eigenvalue weighted by Crippen LogP contribution is 2.46. The van der Waals surface area contributed by atoms with Crippen LogP contribution in [-0.4, -0.2) is 94.3 Å². The number of amides is 2. The highest BCUT2D eigenvalue weighted by molar-refractivity contribution is 6.31. The van der Waals surface area contributed by atoms with Gasteiger partial charge >= 0.3 is 0 Å². The number of methoxy groups -OCH3 is 1. The Morgan fingerprint density at radius 2 is 1.70 bits per heavy atom. The number of piperazine rings is 1. The molecule has 0 spiro atoms. The van der Waals surface area contributed by atoms with E-state index in [2.05, 4.69) is 44.1 Å². The Morgan fingerprint density at radius 1 is 0.981 bits per heavy atom. The van der Waals surface area contributed by atoms with Gasteiger partial charge in [0.15, 0.2) is 11.5 Å². The predicted octanol–water partition coefficient (Wildman–Crippen LogP) is 7.87. The average Bonchev–Trinajstić information content (AvgIpc) is 3.20. The van der Waals surface area contributed by atoms with Crippen molar-refractivity contribution in [1.82, 2.24) is 15.1 Å². The summed E-state index contributed by atoms with van der Waals surface area (Å²) in [4.78, 5) is 33.8. The first-order valence-corrected chi connectivity index (χ1v) is 18.7. The van der Waals surface area contributed by atoms with Crippen LogP contribution < -0.4 is 19.7 Å². The number of aryl methyl sites for hydroxylation is 1. The normalized spacial score (nSPS) is 17.4. The number of hydrogen-bond acceptors (Lipinski definition) is 7. The number of hydrogen-bond donors (Lipinski definition) is 1.